The van der Waals surface area contributed by atoms with Crippen LogP contribution in [0.15, 0.2) is 0 Å². The molecule has 1 fully saturated rings. The van der Waals surface area contributed by atoms with Crippen molar-refractivity contribution in [3.63, 3.8) is 0 Å². The molecule has 1 N–H and O–H groups in total. The molecule has 1 heterocycles. The first-order valence-corrected chi connectivity index (χ1v) is 7.63. The van der Waals surface area contributed by atoms with Gasteiger partial charge in [-0.2, -0.15) is 0 Å². The Hall–Kier alpha value is -0.810. The highest BCUT2D eigenvalue weighted by atomic mass is 16.6. The zero-order chi connectivity index (χ0) is 15.3. The monoisotopic (exact) mass is 285 g/mol. The van der Waals surface area contributed by atoms with Crippen LogP contribution in [0, 0.1) is 0 Å². The predicted octanol–water partition coefficient (Wildman–Crippen LogP) is 1.93. The molecule has 0 aromatic rings. The van der Waals surface area contributed by atoms with Crippen LogP contribution >= 0.6 is 0 Å². The molecule has 1 aliphatic heterocycles. The normalized spacial score (nSPS) is 24.8. The number of nitrogens with one attached hydrogen (secondary N) is 1. The number of ether oxygens (including phenoxy) is 1. The fraction of sp³-hybridized carbons (Fsp3) is 0.933. The van der Waals surface area contributed by atoms with Gasteiger partial charge in [-0.3, -0.25) is 4.90 Å². The van der Waals surface area contributed by atoms with Crippen LogP contribution in [0.1, 0.15) is 41.0 Å². The number of carbonyl (C=O) groups is 1. The first kappa shape index (κ1) is 17.2. The summed E-state index contributed by atoms with van der Waals surface area (Å²) < 4.78 is 5.49. The number of rotatable bonds is 4. The summed E-state index contributed by atoms with van der Waals surface area (Å²) in [7, 11) is 1.98. The Bertz CT molecular complexity index is 315. The molecule has 0 aliphatic carbocycles. The standard InChI is InChI=1S/C15H31N3O2/c1-12-11-18(14(19)20-15(3,4)5)13(2)10-17(12)9-7-8-16-6/h12-13,16H,7-11H2,1-6H3. The van der Waals surface area contributed by atoms with Gasteiger partial charge in [0.25, 0.3) is 0 Å². The second kappa shape index (κ2) is 7.27. The van der Waals surface area contributed by atoms with E-state index in [0.29, 0.717) is 6.04 Å². The van der Waals surface area contributed by atoms with Crippen LogP contribution in [0.5, 0.6) is 0 Å². The van der Waals surface area contributed by atoms with Crippen molar-refractivity contribution < 1.29 is 9.53 Å². The summed E-state index contributed by atoms with van der Waals surface area (Å²) in [6, 6.07) is 0.589. The number of piperazine rings is 1. The number of hydrogen-bond acceptors (Lipinski definition) is 4. The van der Waals surface area contributed by atoms with E-state index >= 15 is 0 Å². The molecule has 1 amide bonds. The Kier molecular flexibility index (Phi) is 6.27. The van der Waals surface area contributed by atoms with E-state index < -0.39 is 5.60 Å². The lowest BCUT2D eigenvalue weighted by Crippen LogP contribution is -2.58. The van der Waals surface area contributed by atoms with Gasteiger partial charge in [0.1, 0.15) is 5.60 Å². The largest absolute Gasteiger partial charge is 0.444 e. The first-order chi connectivity index (χ1) is 9.24. The molecule has 118 valence electrons. The maximum Gasteiger partial charge on any atom is 0.410 e. The average Bonchev–Trinajstić information content (AvgIpc) is 2.31. The van der Waals surface area contributed by atoms with Gasteiger partial charge >= 0.3 is 6.09 Å². The number of carbonyl (C=O) groups excluding carboxylic acids is 1. The molecule has 2 atom stereocenters. The quantitative estimate of drug-likeness (QED) is 0.802. The molecule has 1 aliphatic rings. The van der Waals surface area contributed by atoms with Gasteiger partial charge in [0.05, 0.1) is 0 Å². The van der Waals surface area contributed by atoms with Gasteiger partial charge in [0.2, 0.25) is 0 Å². The highest BCUT2D eigenvalue weighted by Crippen LogP contribution is 2.19. The highest BCUT2D eigenvalue weighted by molar-refractivity contribution is 5.68. The summed E-state index contributed by atoms with van der Waals surface area (Å²) in [4.78, 5) is 16.5. The molecule has 2 unspecified atom stereocenters. The smallest absolute Gasteiger partial charge is 0.410 e. The maximum atomic E-state index is 12.2. The molecular weight excluding hydrogens is 254 g/mol. The van der Waals surface area contributed by atoms with Crippen LogP contribution in [-0.4, -0.2) is 66.8 Å². The minimum absolute atomic E-state index is 0.188. The van der Waals surface area contributed by atoms with Gasteiger partial charge < -0.3 is 15.0 Å². The fourth-order valence-corrected chi connectivity index (χ4v) is 2.54. The van der Waals surface area contributed by atoms with Crippen molar-refractivity contribution >= 4 is 6.09 Å². The van der Waals surface area contributed by atoms with Crippen molar-refractivity contribution in [3.8, 4) is 0 Å². The van der Waals surface area contributed by atoms with Gasteiger partial charge in [0, 0.05) is 25.2 Å². The maximum absolute atomic E-state index is 12.2. The fourth-order valence-electron chi connectivity index (χ4n) is 2.54. The van der Waals surface area contributed by atoms with Crippen LogP contribution in [0.25, 0.3) is 0 Å². The van der Waals surface area contributed by atoms with E-state index in [1.807, 2.05) is 32.7 Å². The molecule has 5 nitrogen and oxygen atoms in total. The molecule has 0 radical (unpaired) electrons. The van der Waals surface area contributed by atoms with Crippen molar-refractivity contribution in [1.29, 1.82) is 0 Å². The van der Waals surface area contributed by atoms with Crippen LogP contribution in [0.2, 0.25) is 0 Å². The lowest BCUT2D eigenvalue weighted by atomic mass is 10.1. The van der Waals surface area contributed by atoms with E-state index in [-0.39, 0.29) is 12.1 Å². The van der Waals surface area contributed by atoms with Crippen LogP contribution < -0.4 is 5.32 Å². The highest BCUT2D eigenvalue weighted by Gasteiger charge is 2.33. The first-order valence-electron chi connectivity index (χ1n) is 7.63. The van der Waals surface area contributed by atoms with E-state index in [1.54, 1.807) is 0 Å². The Morgan fingerprint density at radius 3 is 2.45 bits per heavy atom. The van der Waals surface area contributed by atoms with Gasteiger partial charge in [0.15, 0.2) is 0 Å². The SMILES string of the molecule is CNCCCN1CC(C)N(C(=O)OC(C)(C)C)CC1C. The summed E-state index contributed by atoms with van der Waals surface area (Å²) in [6.07, 6.45) is 0.951. The van der Waals surface area contributed by atoms with Gasteiger partial charge in [-0.05, 0) is 61.2 Å². The van der Waals surface area contributed by atoms with Crippen molar-refractivity contribution in [2.45, 2.75) is 58.7 Å². The van der Waals surface area contributed by atoms with Crippen molar-refractivity contribution in [2.24, 2.45) is 0 Å². The minimum Gasteiger partial charge on any atom is -0.444 e. The number of amides is 1. The Balaban J connectivity index is 2.53. The third-order valence-corrected chi connectivity index (χ3v) is 3.62. The summed E-state index contributed by atoms with van der Waals surface area (Å²) in [5.41, 5.74) is -0.427. The molecule has 20 heavy (non-hydrogen) atoms. The van der Waals surface area contributed by atoms with Crippen LogP contribution in [0.4, 0.5) is 4.79 Å². The van der Waals surface area contributed by atoms with Crippen LogP contribution in [0.3, 0.4) is 0 Å². The predicted molar refractivity (Wildman–Crippen MR) is 82.0 cm³/mol. The Morgan fingerprint density at radius 2 is 1.90 bits per heavy atom. The molecular formula is C15H31N3O2. The zero-order valence-electron chi connectivity index (χ0n) is 13.9. The summed E-state index contributed by atoms with van der Waals surface area (Å²) in [5.74, 6) is 0. The van der Waals surface area contributed by atoms with Gasteiger partial charge in [-0.15, -0.1) is 0 Å². The van der Waals surface area contributed by atoms with E-state index in [2.05, 4.69) is 24.1 Å². The van der Waals surface area contributed by atoms with Gasteiger partial charge in [-0.25, -0.2) is 4.79 Å². The van der Waals surface area contributed by atoms with Crippen molar-refractivity contribution in [2.75, 3.05) is 33.2 Å². The molecule has 5 heteroatoms. The van der Waals surface area contributed by atoms with E-state index in [4.69, 9.17) is 4.74 Å². The third-order valence-electron chi connectivity index (χ3n) is 3.62. The third kappa shape index (κ3) is 5.29. The number of nitrogens with zero attached hydrogens (tertiary/aromatic N) is 2. The van der Waals surface area contributed by atoms with Gasteiger partial charge in [-0.1, -0.05) is 0 Å². The van der Waals surface area contributed by atoms with E-state index in [0.717, 1.165) is 32.6 Å². The van der Waals surface area contributed by atoms with E-state index in [9.17, 15) is 4.79 Å². The lowest BCUT2D eigenvalue weighted by molar-refractivity contribution is -0.0101. The Labute approximate surface area is 123 Å². The second-order valence-corrected chi connectivity index (χ2v) is 6.78. The molecule has 1 saturated heterocycles. The second-order valence-electron chi connectivity index (χ2n) is 6.78. The molecule has 1 rings (SSSR count). The number of hydrogen-bond donors (Lipinski definition) is 1. The average molecular weight is 285 g/mol. The molecule has 0 aromatic carbocycles. The Morgan fingerprint density at radius 1 is 1.25 bits per heavy atom. The zero-order valence-corrected chi connectivity index (χ0v) is 13.9. The summed E-state index contributed by atoms with van der Waals surface area (Å²) >= 11 is 0. The van der Waals surface area contributed by atoms with Crippen molar-refractivity contribution in [1.82, 2.24) is 15.1 Å². The molecule has 0 bridgehead atoms. The van der Waals surface area contributed by atoms with Crippen LogP contribution in [-0.2, 0) is 4.74 Å². The molecule has 0 saturated carbocycles. The minimum atomic E-state index is -0.427. The molecule has 0 aromatic heterocycles. The van der Waals surface area contributed by atoms with Crippen molar-refractivity contribution in [3.05, 3.63) is 0 Å². The summed E-state index contributed by atoms with van der Waals surface area (Å²) in [6.45, 7) is 13.8. The van der Waals surface area contributed by atoms with E-state index in [1.165, 1.54) is 0 Å². The molecule has 0 spiro atoms. The summed E-state index contributed by atoms with van der Waals surface area (Å²) in [5, 5.41) is 3.17. The topological polar surface area (TPSA) is 44.8 Å². The lowest BCUT2D eigenvalue weighted by Gasteiger charge is -2.44.